The van der Waals surface area contributed by atoms with Gasteiger partial charge in [-0.05, 0) is 78.7 Å². The third-order valence-electron chi connectivity index (χ3n) is 5.35. The number of aliphatic imine (C=N–C) groups is 1. The average molecular weight is 493 g/mol. The molecule has 2 aromatic carbocycles. The van der Waals surface area contributed by atoms with Crippen LogP contribution in [0.2, 0.25) is 0 Å². The molecule has 2 heterocycles. The quantitative estimate of drug-likeness (QED) is 0.359. The van der Waals surface area contributed by atoms with Crippen LogP contribution in [0.25, 0.3) is 6.08 Å². The molecule has 1 aliphatic heterocycles. The summed E-state index contributed by atoms with van der Waals surface area (Å²) in [5.74, 6) is 0.791. The smallest absolute Gasteiger partial charge is 0.373 e. The zero-order valence-corrected chi connectivity index (χ0v) is 20.5. The van der Waals surface area contributed by atoms with Gasteiger partial charge in [-0.25, -0.2) is 9.79 Å². The molecule has 0 bridgehead atoms. The van der Waals surface area contributed by atoms with Crippen LogP contribution in [-0.2, 0) is 16.1 Å². The van der Waals surface area contributed by atoms with Crippen LogP contribution in [0.15, 0.2) is 62.8 Å². The summed E-state index contributed by atoms with van der Waals surface area (Å²) < 4.78 is 21.3. The number of furan rings is 1. The summed E-state index contributed by atoms with van der Waals surface area (Å²) in [6, 6.07) is 14.4. The van der Waals surface area contributed by atoms with Gasteiger partial charge >= 0.3 is 5.97 Å². The minimum Gasteiger partial charge on any atom is -0.493 e. The summed E-state index contributed by atoms with van der Waals surface area (Å²) in [6.07, 6.45) is 1.77. The Labute approximate surface area is 207 Å². The van der Waals surface area contributed by atoms with Crippen molar-refractivity contribution in [3.63, 3.8) is 0 Å². The summed E-state index contributed by atoms with van der Waals surface area (Å²) >= 11 is 1.28. The van der Waals surface area contributed by atoms with Crippen molar-refractivity contribution in [1.29, 1.82) is 0 Å². The van der Waals surface area contributed by atoms with E-state index in [2.05, 4.69) is 15.0 Å². The van der Waals surface area contributed by atoms with Crippen LogP contribution in [0.3, 0.4) is 0 Å². The maximum absolute atomic E-state index is 12.5. The standard InChI is InChI=1S/C26H24N2O6S/c1-15-6-5-7-19(16(15)2)27-26-28-24(29)23(35-26)13-17-8-10-20(22(12-17)31-3)33-14-18-9-11-21(34-18)25(30)32-4/h5-13H,14H2,1-4H3,(H,27,28,29)/b23-13+. The highest BCUT2D eigenvalue weighted by Crippen LogP contribution is 2.33. The number of nitrogens with zero attached hydrogens (tertiary/aromatic N) is 1. The Morgan fingerprint density at radius 2 is 1.94 bits per heavy atom. The monoisotopic (exact) mass is 492 g/mol. The van der Waals surface area contributed by atoms with Gasteiger partial charge in [0.05, 0.1) is 24.8 Å². The molecule has 1 amide bonds. The van der Waals surface area contributed by atoms with Crippen molar-refractivity contribution in [2.45, 2.75) is 20.5 Å². The number of aryl methyl sites for hydroxylation is 1. The number of carbonyl (C=O) groups is 2. The molecule has 1 saturated heterocycles. The van der Waals surface area contributed by atoms with Crippen molar-refractivity contribution in [2.75, 3.05) is 14.2 Å². The first kappa shape index (κ1) is 24.2. The van der Waals surface area contributed by atoms with Gasteiger partial charge in [-0.1, -0.05) is 18.2 Å². The molecule has 9 heteroatoms. The van der Waals surface area contributed by atoms with E-state index in [1.165, 1.54) is 32.0 Å². The highest BCUT2D eigenvalue weighted by molar-refractivity contribution is 8.18. The molecule has 0 spiro atoms. The van der Waals surface area contributed by atoms with E-state index in [9.17, 15) is 9.59 Å². The second-order valence-corrected chi connectivity index (χ2v) is 8.69. The molecule has 1 aromatic heterocycles. The minimum absolute atomic E-state index is 0.101. The van der Waals surface area contributed by atoms with Crippen LogP contribution < -0.4 is 14.8 Å². The lowest BCUT2D eigenvalue weighted by atomic mass is 10.1. The third-order valence-corrected chi connectivity index (χ3v) is 6.26. The zero-order chi connectivity index (χ0) is 24.9. The number of esters is 1. The average Bonchev–Trinajstić information content (AvgIpc) is 3.47. The predicted molar refractivity (Wildman–Crippen MR) is 134 cm³/mol. The molecule has 0 radical (unpaired) electrons. The van der Waals surface area contributed by atoms with E-state index >= 15 is 0 Å². The van der Waals surface area contributed by atoms with Crippen molar-refractivity contribution in [3.05, 3.63) is 81.6 Å². The maximum atomic E-state index is 12.5. The molecule has 3 aromatic rings. The van der Waals surface area contributed by atoms with Crippen molar-refractivity contribution < 1.29 is 28.2 Å². The largest absolute Gasteiger partial charge is 0.493 e. The summed E-state index contributed by atoms with van der Waals surface area (Å²) in [7, 11) is 2.82. The first-order valence-corrected chi connectivity index (χ1v) is 11.5. The van der Waals surface area contributed by atoms with E-state index in [-0.39, 0.29) is 18.3 Å². The number of ether oxygens (including phenoxy) is 3. The molecule has 0 unspecified atom stereocenters. The fourth-order valence-electron chi connectivity index (χ4n) is 3.31. The predicted octanol–water partition coefficient (Wildman–Crippen LogP) is 5.16. The van der Waals surface area contributed by atoms with Crippen LogP contribution in [0, 0.1) is 13.8 Å². The SMILES string of the molecule is COC(=O)c1ccc(COc2ccc(/C=C3/SC(=Nc4cccc(C)c4C)NC3=O)cc2OC)o1. The van der Waals surface area contributed by atoms with E-state index in [4.69, 9.17) is 13.9 Å². The number of hydrogen-bond donors (Lipinski definition) is 1. The van der Waals surface area contributed by atoms with Crippen molar-refractivity contribution in [3.8, 4) is 11.5 Å². The van der Waals surface area contributed by atoms with Gasteiger partial charge < -0.3 is 23.9 Å². The van der Waals surface area contributed by atoms with Crippen LogP contribution in [0.4, 0.5) is 5.69 Å². The summed E-state index contributed by atoms with van der Waals surface area (Å²) in [6.45, 7) is 4.14. The second-order valence-electron chi connectivity index (χ2n) is 7.66. The molecule has 8 nitrogen and oxygen atoms in total. The summed E-state index contributed by atoms with van der Waals surface area (Å²) in [5.41, 5.74) is 3.81. The number of rotatable bonds is 7. The number of carbonyl (C=O) groups excluding carboxylic acids is 2. The number of amidine groups is 1. The van der Waals surface area contributed by atoms with E-state index in [0.717, 1.165) is 22.4 Å². The Balaban J connectivity index is 1.47. The van der Waals surface area contributed by atoms with E-state index in [0.29, 0.717) is 27.3 Å². The number of methoxy groups -OCH3 is 2. The summed E-state index contributed by atoms with van der Waals surface area (Å²) in [5, 5.41) is 3.35. The Morgan fingerprint density at radius 1 is 1.11 bits per heavy atom. The lowest BCUT2D eigenvalue weighted by Gasteiger charge is -2.10. The normalized spacial score (nSPS) is 15.4. The van der Waals surface area contributed by atoms with Gasteiger partial charge in [0.1, 0.15) is 12.4 Å². The Bertz CT molecular complexity index is 1340. The second kappa shape index (κ2) is 10.5. The molecule has 0 atom stereocenters. The highest BCUT2D eigenvalue weighted by Gasteiger charge is 2.24. The van der Waals surface area contributed by atoms with Gasteiger partial charge in [-0.2, -0.15) is 0 Å². The van der Waals surface area contributed by atoms with Gasteiger partial charge in [0, 0.05) is 0 Å². The van der Waals surface area contributed by atoms with Crippen LogP contribution >= 0.6 is 11.8 Å². The molecule has 180 valence electrons. The van der Waals surface area contributed by atoms with Crippen molar-refractivity contribution in [2.24, 2.45) is 4.99 Å². The molecule has 35 heavy (non-hydrogen) atoms. The van der Waals surface area contributed by atoms with Gasteiger partial charge in [-0.3, -0.25) is 4.79 Å². The molecular weight excluding hydrogens is 468 g/mol. The van der Waals surface area contributed by atoms with Gasteiger partial charge in [0.25, 0.3) is 5.91 Å². The molecule has 1 fully saturated rings. The number of thioether (sulfide) groups is 1. The highest BCUT2D eigenvalue weighted by atomic mass is 32.2. The number of nitrogens with one attached hydrogen (secondary N) is 1. The maximum Gasteiger partial charge on any atom is 0.373 e. The Morgan fingerprint density at radius 3 is 2.71 bits per heavy atom. The molecule has 4 rings (SSSR count). The van der Waals surface area contributed by atoms with E-state index in [1.54, 1.807) is 24.3 Å². The van der Waals surface area contributed by atoms with Crippen molar-refractivity contribution >= 4 is 40.6 Å². The topological polar surface area (TPSA) is 99.4 Å². The van der Waals surface area contributed by atoms with Crippen molar-refractivity contribution in [1.82, 2.24) is 5.32 Å². The Kier molecular flexibility index (Phi) is 7.26. The first-order valence-electron chi connectivity index (χ1n) is 10.7. The van der Waals surface area contributed by atoms with Crippen LogP contribution in [0.5, 0.6) is 11.5 Å². The van der Waals surface area contributed by atoms with Gasteiger partial charge in [0.2, 0.25) is 5.76 Å². The lowest BCUT2D eigenvalue weighted by molar-refractivity contribution is -0.115. The number of benzene rings is 2. The molecule has 1 N–H and O–H groups in total. The van der Waals surface area contributed by atoms with Crippen LogP contribution in [-0.4, -0.2) is 31.3 Å². The molecule has 0 aliphatic carbocycles. The Hall–Kier alpha value is -3.98. The van der Waals surface area contributed by atoms with Crippen LogP contribution in [0.1, 0.15) is 33.0 Å². The number of amides is 1. The minimum atomic E-state index is -0.553. The summed E-state index contributed by atoms with van der Waals surface area (Å²) in [4.78, 5) is 29.2. The van der Waals surface area contributed by atoms with Gasteiger partial charge in [-0.15, -0.1) is 0 Å². The number of hydrogen-bond acceptors (Lipinski definition) is 8. The first-order chi connectivity index (χ1) is 16.9. The zero-order valence-electron chi connectivity index (χ0n) is 19.7. The molecule has 0 saturated carbocycles. The molecular formula is C26H24N2O6S. The lowest BCUT2D eigenvalue weighted by Crippen LogP contribution is -2.19. The van der Waals surface area contributed by atoms with E-state index in [1.807, 2.05) is 38.1 Å². The van der Waals surface area contributed by atoms with E-state index < -0.39 is 5.97 Å². The van der Waals surface area contributed by atoms with Gasteiger partial charge in [0.15, 0.2) is 16.7 Å². The molecule has 1 aliphatic rings. The third kappa shape index (κ3) is 5.58. The fraction of sp³-hybridized carbons (Fsp3) is 0.192. The fourth-order valence-corrected chi connectivity index (χ4v) is 4.14.